The molecule has 6 heteroatoms. The minimum atomic E-state index is -0.580. The second-order valence-corrected chi connectivity index (χ2v) is 4.57. The van der Waals surface area contributed by atoms with Crippen molar-refractivity contribution in [2.75, 3.05) is 33.3 Å². The number of halogens is 2. The molecule has 1 heterocycles. The van der Waals surface area contributed by atoms with E-state index in [0.29, 0.717) is 38.3 Å². The number of hydrogen-bond donors (Lipinski definition) is 0. The van der Waals surface area contributed by atoms with E-state index in [1.54, 1.807) is 4.90 Å². The summed E-state index contributed by atoms with van der Waals surface area (Å²) in [4.78, 5) is 14.7. The van der Waals surface area contributed by atoms with Gasteiger partial charge in [-0.2, -0.15) is 0 Å². The van der Waals surface area contributed by atoms with Gasteiger partial charge in [0.15, 0.2) is 0 Å². The molecule has 0 bridgehead atoms. The van der Waals surface area contributed by atoms with Crippen molar-refractivity contribution in [1.82, 2.24) is 9.80 Å². The van der Waals surface area contributed by atoms with E-state index in [1.165, 1.54) is 12.1 Å². The Morgan fingerprint density at radius 3 is 2.84 bits per heavy atom. The van der Waals surface area contributed by atoms with Crippen LogP contribution in [0.15, 0.2) is 18.2 Å². The highest BCUT2D eigenvalue weighted by Crippen LogP contribution is 2.11. The third-order valence-corrected chi connectivity index (χ3v) is 3.05. The molecule has 0 aromatic heterocycles. The monoisotopic (exact) mass is 270 g/mol. The Kier molecular flexibility index (Phi) is 4.31. The maximum Gasteiger partial charge on any atom is 0.409 e. The minimum absolute atomic E-state index is 0.304. The zero-order valence-corrected chi connectivity index (χ0v) is 10.7. The van der Waals surface area contributed by atoms with Crippen molar-refractivity contribution < 1.29 is 18.3 Å². The summed E-state index contributed by atoms with van der Waals surface area (Å²) in [6, 6.07) is 3.55. The molecule has 4 nitrogen and oxygen atoms in total. The third kappa shape index (κ3) is 3.64. The van der Waals surface area contributed by atoms with Crippen LogP contribution in [-0.4, -0.2) is 49.2 Å². The molecule has 1 aliphatic rings. The van der Waals surface area contributed by atoms with Gasteiger partial charge in [0.1, 0.15) is 18.2 Å². The molecule has 0 unspecified atom stereocenters. The van der Waals surface area contributed by atoms with Crippen LogP contribution in [0.4, 0.5) is 13.6 Å². The molecule has 1 fully saturated rings. The van der Waals surface area contributed by atoms with Gasteiger partial charge >= 0.3 is 6.09 Å². The van der Waals surface area contributed by atoms with Gasteiger partial charge in [-0.15, -0.1) is 0 Å². The summed E-state index contributed by atoms with van der Waals surface area (Å²) in [5, 5.41) is 0. The summed E-state index contributed by atoms with van der Waals surface area (Å²) in [6.07, 6.45) is -0.304. The fourth-order valence-corrected chi connectivity index (χ4v) is 1.94. The first-order chi connectivity index (χ1) is 9.06. The molecule has 19 heavy (non-hydrogen) atoms. The van der Waals surface area contributed by atoms with E-state index in [0.717, 1.165) is 6.07 Å². The van der Waals surface area contributed by atoms with E-state index in [1.807, 2.05) is 11.9 Å². The van der Waals surface area contributed by atoms with Gasteiger partial charge in [-0.05, 0) is 13.1 Å². The van der Waals surface area contributed by atoms with Gasteiger partial charge < -0.3 is 14.5 Å². The molecule has 0 atom stereocenters. The number of rotatable bonds is 5. The number of cyclic esters (lactones) is 1. The number of likely N-dealkylation sites (N-methyl/N-ethyl adjacent to an activating group) is 1. The molecule has 1 aromatic carbocycles. The Balaban J connectivity index is 1.83. The molecule has 0 saturated carbocycles. The molecular weight excluding hydrogens is 254 g/mol. The first-order valence-electron chi connectivity index (χ1n) is 6.10. The number of carbonyl (C=O) groups excluding carboxylic acids is 1. The predicted molar refractivity (Wildman–Crippen MR) is 65.6 cm³/mol. The zero-order valence-electron chi connectivity index (χ0n) is 10.7. The van der Waals surface area contributed by atoms with Crippen LogP contribution in [0.1, 0.15) is 5.56 Å². The maximum absolute atomic E-state index is 13.5. The lowest BCUT2D eigenvalue weighted by Gasteiger charge is -2.20. The van der Waals surface area contributed by atoms with Gasteiger partial charge in [-0.25, -0.2) is 13.6 Å². The standard InChI is InChI=1S/C13H16F2N2O2/c1-16(4-5-17-6-7-19-13(17)18)9-10-2-3-11(14)8-12(10)15/h2-3,8H,4-7,9H2,1H3. The summed E-state index contributed by atoms with van der Waals surface area (Å²) in [7, 11) is 1.82. The van der Waals surface area contributed by atoms with E-state index in [-0.39, 0.29) is 6.09 Å². The van der Waals surface area contributed by atoms with Gasteiger partial charge in [0, 0.05) is 31.3 Å². The van der Waals surface area contributed by atoms with Crippen LogP contribution in [-0.2, 0) is 11.3 Å². The van der Waals surface area contributed by atoms with E-state index >= 15 is 0 Å². The Hall–Kier alpha value is -1.69. The number of amides is 1. The number of carbonyl (C=O) groups is 1. The van der Waals surface area contributed by atoms with Gasteiger partial charge in [-0.1, -0.05) is 6.07 Å². The van der Waals surface area contributed by atoms with Crippen LogP contribution in [0.2, 0.25) is 0 Å². The average Bonchev–Trinajstić information content (AvgIpc) is 2.76. The zero-order chi connectivity index (χ0) is 13.8. The Morgan fingerprint density at radius 2 is 2.21 bits per heavy atom. The molecule has 1 aliphatic heterocycles. The minimum Gasteiger partial charge on any atom is -0.448 e. The third-order valence-electron chi connectivity index (χ3n) is 3.05. The average molecular weight is 270 g/mol. The van der Waals surface area contributed by atoms with E-state index in [9.17, 15) is 13.6 Å². The molecule has 0 N–H and O–H groups in total. The molecule has 1 amide bonds. The van der Waals surface area contributed by atoms with Crippen molar-refractivity contribution in [3.8, 4) is 0 Å². The Morgan fingerprint density at radius 1 is 1.42 bits per heavy atom. The summed E-state index contributed by atoms with van der Waals surface area (Å²) in [6.45, 7) is 2.53. The van der Waals surface area contributed by atoms with Crippen molar-refractivity contribution in [3.05, 3.63) is 35.4 Å². The van der Waals surface area contributed by atoms with Crippen molar-refractivity contribution in [1.29, 1.82) is 0 Å². The summed E-state index contributed by atoms with van der Waals surface area (Å²) in [5.74, 6) is -1.13. The second kappa shape index (κ2) is 5.97. The van der Waals surface area contributed by atoms with Crippen LogP contribution in [0.3, 0.4) is 0 Å². The largest absolute Gasteiger partial charge is 0.448 e. The van der Waals surface area contributed by atoms with Crippen molar-refractivity contribution >= 4 is 6.09 Å². The molecular formula is C13H16F2N2O2. The Bertz CT molecular complexity index is 468. The topological polar surface area (TPSA) is 32.8 Å². The highest BCUT2D eigenvalue weighted by molar-refractivity contribution is 5.69. The van der Waals surface area contributed by atoms with Gasteiger partial charge in [0.05, 0.1) is 6.54 Å². The normalized spacial score (nSPS) is 15.2. The molecule has 0 spiro atoms. The van der Waals surface area contributed by atoms with Crippen LogP contribution in [0, 0.1) is 11.6 Å². The number of nitrogens with zero attached hydrogens (tertiary/aromatic N) is 2. The van der Waals surface area contributed by atoms with Crippen LogP contribution < -0.4 is 0 Å². The van der Waals surface area contributed by atoms with Gasteiger partial charge in [0.2, 0.25) is 0 Å². The molecule has 104 valence electrons. The number of benzene rings is 1. The van der Waals surface area contributed by atoms with Crippen LogP contribution in [0.25, 0.3) is 0 Å². The fraction of sp³-hybridized carbons (Fsp3) is 0.462. The quantitative estimate of drug-likeness (QED) is 0.818. The predicted octanol–water partition coefficient (Wildman–Crippen LogP) is 1.85. The fourth-order valence-electron chi connectivity index (χ4n) is 1.94. The van der Waals surface area contributed by atoms with E-state index in [2.05, 4.69) is 0 Å². The lowest BCUT2D eigenvalue weighted by molar-refractivity contribution is 0.155. The van der Waals surface area contributed by atoms with Crippen molar-refractivity contribution in [3.63, 3.8) is 0 Å². The van der Waals surface area contributed by atoms with Crippen LogP contribution in [0.5, 0.6) is 0 Å². The van der Waals surface area contributed by atoms with E-state index < -0.39 is 11.6 Å². The molecule has 0 radical (unpaired) electrons. The number of hydrogen-bond acceptors (Lipinski definition) is 3. The smallest absolute Gasteiger partial charge is 0.409 e. The maximum atomic E-state index is 13.5. The number of ether oxygens (including phenoxy) is 1. The SMILES string of the molecule is CN(CCN1CCOC1=O)Cc1ccc(F)cc1F. The summed E-state index contributed by atoms with van der Waals surface area (Å²) in [5.41, 5.74) is 0.438. The molecule has 2 rings (SSSR count). The van der Waals surface area contributed by atoms with Crippen molar-refractivity contribution in [2.24, 2.45) is 0 Å². The molecule has 1 saturated heterocycles. The Labute approximate surface area is 110 Å². The molecule has 0 aliphatic carbocycles. The highest BCUT2D eigenvalue weighted by atomic mass is 19.1. The summed E-state index contributed by atoms with van der Waals surface area (Å²) >= 11 is 0. The van der Waals surface area contributed by atoms with E-state index in [4.69, 9.17) is 4.74 Å². The van der Waals surface area contributed by atoms with Crippen LogP contribution >= 0.6 is 0 Å². The molecule has 1 aromatic rings. The lowest BCUT2D eigenvalue weighted by Crippen LogP contribution is -2.33. The van der Waals surface area contributed by atoms with Gasteiger partial charge in [-0.3, -0.25) is 0 Å². The van der Waals surface area contributed by atoms with Crippen molar-refractivity contribution in [2.45, 2.75) is 6.54 Å². The first kappa shape index (κ1) is 13.7. The first-order valence-corrected chi connectivity index (χ1v) is 6.10. The highest BCUT2D eigenvalue weighted by Gasteiger charge is 2.21. The summed E-state index contributed by atoms with van der Waals surface area (Å²) < 4.78 is 31.0. The lowest BCUT2D eigenvalue weighted by atomic mass is 10.2. The van der Waals surface area contributed by atoms with Gasteiger partial charge in [0.25, 0.3) is 0 Å². The second-order valence-electron chi connectivity index (χ2n) is 4.57.